The van der Waals surface area contributed by atoms with E-state index in [1.165, 1.54) is 75.5 Å². The molecule has 2 saturated carbocycles. The fourth-order valence-electron chi connectivity index (χ4n) is 5.18. The SMILES string of the molecule is c1ccc(-c2oc(=NC3CCCCC3)n(C3CCCCC3)c2-c2ccccc2)cc1. The lowest BCUT2D eigenvalue weighted by Gasteiger charge is -2.25. The average Bonchev–Trinajstić information content (AvgIpc) is 3.20. The summed E-state index contributed by atoms with van der Waals surface area (Å²) in [5, 5.41) is 0. The molecule has 2 aliphatic carbocycles. The van der Waals surface area contributed by atoms with Gasteiger partial charge in [0.25, 0.3) is 5.68 Å². The van der Waals surface area contributed by atoms with Gasteiger partial charge in [0.15, 0.2) is 5.76 Å². The average molecular weight is 401 g/mol. The summed E-state index contributed by atoms with van der Waals surface area (Å²) in [6.07, 6.45) is 12.6. The topological polar surface area (TPSA) is 30.4 Å². The quantitative estimate of drug-likeness (QED) is 0.457. The molecule has 1 heterocycles. The predicted octanol–water partition coefficient (Wildman–Crippen LogP) is 7.15. The predicted molar refractivity (Wildman–Crippen MR) is 122 cm³/mol. The van der Waals surface area contributed by atoms with Crippen molar-refractivity contribution in [2.45, 2.75) is 76.3 Å². The molecule has 0 saturated heterocycles. The van der Waals surface area contributed by atoms with Crippen LogP contribution in [0.1, 0.15) is 70.3 Å². The highest BCUT2D eigenvalue weighted by Gasteiger charge is 2.26. The van der Waals surface area contributed by atoms with Crippen molar-refractivity contribution in [3.63, 3.8) is 0 Å². The maximum absolute atomic E-state index is 6.64. The molecule has 0 bridgehead atoms. The number of aromatic nitrogens is 1. The van der Waals surface area contributed by atoms with Crippen molar-refractivity contribution in [1.29, 1.82) is 0 Å². The van der Waals surface area contributed by atoms with Gasteiger partial charge in [0.2, 0.25) is 0 Å². The number of rotatable bonds is 4. The third-order valence-electron chi connectivity index (χ3n) is 6.75. The van der Waals surface area contributed by atoms with Crippen LogP contribution < -0.4 is 5.68 Å². The van der Waals surface area contributed by atoms with E-state index in [1.807, 2.05) is 0 Å². The molecule has 1 aromatic heterocycles. The van der Waals surface area contributed by atoms with Gasteiger partial charge >= 0.3 is 0 Å². The van der Waals surface area contributed by atoms with Crippen LogP contribution >= 0.6 is 0 Å². The first-order valence-electron chi connectivity index (χ1n) is 11.8. The summed E-state index contributed by atoms with van der Waals surface area (Å²) in [6.45, 7) is 0. The minimum atomic E-state index is 0.395. The zero-order valence-electron chi connectivity index (χ0n) is 17.8. The van der Waals surface area contributed by atoms with Crippen LogP contribution in [0.25, 0.3) is 22.6 Å². The van der Waals surface area contributed by atoms with E-state index in [-0.39, 0.29) is 0 Å². The Kier molecular flexibility index (Phi) is 5.87. The second-order valence-electron chi connectivity index (χ2n) is 8.88. The van der Waals surface area contributed by atoms with Gasteiger partial charge in [-0.3, -0.25) is 4.57 Å². The zero-order chi connectivity index (χ0) is 20.2. The van der Waals surface area contributed by atoms with E-state index in [2.05, 4.69) is 65.2 Å². The van der Waals surface area contributed by atoms with E-state index in [0.29, 0.717) is 12.1 Å². The Labute approximate surface area is 179 Å². The summed E-state index contributed by atoms with van der Waals surface area (Å²) in [5.74, 6) is 0.960. The number of oxazole rings is 1. The molecule has 2 aliphatic rings. The van der Waals surface area contributed by atoms with Crippen LogP contribution in [0.5, 0.6) is 0 Å². The third-order valence-corrected chi connectivity index (χ3v) is 6.75. The molecule has 30 heavy (non-hydrogen) atoms. The van der Waals surface area contributed by atoms with Gasteiger partial charge in [0, 0.05) is 17.2 Å². The lowest BCUT2D eigenvalue weighted by molar-refractivity contribution is 0.317. The fraction of sp³-hybridized carbons (Fsp3) is 0.444. The first-order chi connectivity index (χ1) is 14.9. The van der Waals surface area contributed by atoms with Crippen molar-refractivity contribution in [3.8, 4) is 22.6 Å². The highest BCUT2D eigenvalue weighted by atomic mass is 16.4. The zero-order valence-corrected chi connectivity index (χ0v) is 17.8. The van der Waals surface area contributed by atoms with Crippen molar-refractivity contribution in [2.75, 3.05) is 0 Å². The van der Waals surface area contributed by atoms with E-state index in [1.54, 1.807) is 0 Å². The molecule has 0 N–H and O–H groups in total. The standard InChI is InChI=1S/C27H32N2O/c1-5-13-21(14-6-1)25-26(22-15-7-2-8-16-22)30-27(28-23-17-9-3-10-18-23)29(25)24-19-11-4-12-20-24/h1-2,5-8,13-16,23-24H,3-4,9-12,17-20H2. The van der Waals surface area contributed by atoms with Crippen LogP contribution in [0.4, 0.5) is 0 Å². The normalized spacial score (nSPS) is 19.3. The maximum Gasteiger partial charge on any atom is 0.298 e. The molecule has 0 spiro atoms. The molecule has 3 heteroatoms. The molecule has 0 amide bonds. The van der Waals surface area contributed by atoms with E-state index in [0.717, 1.165) is 17.0 Å². The number of benzene rings is 2. The summed E-state index contributed by atoms with van der Waals surface area (Å²) in [6, 6.07) is 22.2. The smallest absolute Gasteiger partial charge is 0.298 e. The highest BCUT2D eigenvalue weighted by molar-refractivity contribution is 5.77. The van der Waals surface area contributed by atoms with Gasteiger partial charge in [-0.15, -0.1) is 0 Å². The molecule has 0 unspecified atom stereocenters. The van der Waals surface area contributed by atoms with Gasteiger partial charge in [0.1, 0.15) is 0 Å². The Hall–Kier alpha value is -2.55. The molecule has 5 rings (SSSR count). The van der Waals surface area contributed by atoms with Gasteiger partial charge in [-0.05, 0) is 25.7 Å². The van der Waals surface area contributed by atoms with Crippen LogP contribution in [0, 0.1) is 0 Å². The minimum absolute atomic E-state index is 0.395. The Morgan fingerprint density at radius 3 is 1.87 bits per heavy atom. The first kappa shape index (κ1) is 19.4. The van der Waals surface area contributed by atoms with E-state index in [4.69, 9.17) is 9.41 Å². The lowest BCUT2D eigenvalue weighted by Crippen LogP contribution is -2.27. The van der Waals surface area contributed by atoms with Crippen LogP contribution in [0.15, 0.2) is 70.1 Å². The maximum atomic E-state index is 6.64. The van der Waals surface area contributed by atoms with E-state index >= 15 is 0 Å². The van der Waals surface area contributed by atoms with Crippen molar-refractivity contribution in [3.05, 3.63) is 66.3 Å². The summed E-state index contributed by atoms with van der Waals surface area (Å²) >= 11 is 0. The van der Waals surface area contributed by atoms with Crippen molar-refractivity contribution in [2.24, 2.45) is 4.99 Å². The van der Waals surface area contributed by atoms with Crippen LogP contribution in [-0.4, -0.2) is 10.6 Å². The van der Waals surface area contributed by atoms with E-state index in [9.17, 15) is 0 Å². The molecule has 156 valence electrons. The number of nitrogens with zero attached hydrogens (tertiary/aromatic N) is 2. The van der Waals surface area contributed by atoms with Crippen LogP contribution in [0.2, 0.25) is 0 Å². The Morgan fingerprint density at radius 2 is 1.23 bits per heavy atom. The molecule has 0 aliphatic heterocycles. The summed E-state index contributed by atoms with van der Waals surface area (Å²) < 4.78 is 9.10. The van der Waals surface area contributed by atoms with Crippen molar-refractivity contribution >= 4 is 0 Å². The monoisotopic (exact) mass is 400 g/mol. The first-order valence-corrected chi connectivity index (χ1v) is 11.8. The summed E-state index contributed by atoms with van der Waals surface area (Å²) in [5.41, 5.74) is 4.39. The van der Waals surface area contributed by atoms with Crippen molar-refractivity contribution < 1.29 is 4.42 Å². The largest absolute Gasteiger partial charge is 0.423 e. The third kappa shape index (κ3) is 4.03. The summed E-state index contributed by atoms with van der Waals surface area (Å²) in [4.78, 5) is 5.22. The molecule has 0 radical (unpaired) electrons. The fourth-order valence-corrected chi connectivity index (χ4v) is 5.18. The minimum Gasteiger partial charge on any atom is -0.423 e. The molecule has 3 nitrogen and oxygen atoms in total. The second kappa shape index (κ2) is 9.07. The number of hydrogen-bond donors (Lipinski definition) is 0. The number of hydrogen-bond acceptors (Lipinski definition) is 2. The molecule has 0 atom stereocenters. The van der Waals surface area contributed by atoms with Gasteiger partial charge < -0.3 is 4.42 Å². The molecular weight excluding hydrogens is 368 g/mol. The molecule has 3 aromatic rings. The van der Waals surface area contributed by atoms with Gasteiger partial charge in [-0.2, -0.15) is 0 Å². The Morgan fingerprint density at radius 1 is 0.667 bits per heavy atom. The van der Waals surface area contributed by atoms with E-state index < -0.39 is 0 Å². The molecular formula is C27H32N2O. The van der Waals surface area contributed by atoms with Crippen LogP contribution in [0.3, 0.4) is 0 Å². The van der Waals surface area contributed by atoms with Crippen molar-refractivity contribution in [1.82, 2.24) is 4.57 Å². The summed E-state index contributed by atoms with van der Waals surface area (Å²) in [7, 11) is 0. The Bertz CT molecular complexity index is 1000. The van der Waals surface area contributed by atoms with Gasteiger partial charge in [-0.1, -0.05) is 99.2 Å². The molecule has 2 aromatic carbocycles. The van der Waals surface area contributed by atoms with Gasteiger partial charge in [-0.25, -0.2) is 4.99 Å². The lowest BCUT2D eigenvalue weighted by atomic mass is 9.94. The Balaban J connectivity index is 1.73. The molecule has 2 fully saturated rings. The van der Waals surface area contributed by atoms with Gasteiger partial charge in [0.05, 0.1) is 11.7 Å². The van der Waals surface area contributed by atoms with Crippen LogP contribution in [-0.2, 0) is 0 Å². The highest BCUT2D eigenvalue weighted by Crippen LogP contribution is 2.37. The second-order valence-corrected chi connectivity index (χ2v) is 8.88.